The zero-order chi connectivity index (χ0) is 17.0. The number of ether oxygens (including phenoxy) is 1. The fourth-order valence-corrected chi connectivity index (χ4v) is 3.12. The molecule has 0 aliphatic heterocycles. The molecule has 7 heteroatoms. The van der Waals surface area contributed by atoms with Gasteiger partial charge in [0.1, 0.15) is 10.6 Å². The molecular formula is C16H22N2O4S. The average molecular weight is 338 g/mol. The third-order valence-electron chi connectivity index (χ3n) is 3.01. The van der Waals surface area contributed by atoms with Crippen molar-refractivity contribution in [1.29, 1.82) is 0 Å². The fraction of sp³-hybridized carbons (Fsp3) is 0.500. The van der Waals surface area contributed by atoms with Gasteiger partial charge in [-0.05, 0) is 39.3 Å². The van der Waals surface area contributed by atoms with E-state index in [9.17, 15) is 4.79 Å². The van der Waals surface area contributed by atoms with E-state index in [-0.39, 0.29) is 6.42 Å². The first-order valence-electron chi connectivity index (χ1n) is 7.46. The largest absolute Gasteiger partial charge is 0.444 e. The Bertz CT molecular complexity index is 630. The van der Waals surface area contributed by atoms with E-state index in [1.807, 2.05) is 24.3 Å². The molecule has 0 radical (unpaired) electrons. The van der Waals surface area contributed by atoms with Gasteiger partial charge in [-0.25, -0.2) is 9.78 Å². The fourth-order valence-electron chi connectivity index (χ4n) is 2.06. The van der Waals surface area contributed by atoms with Crippen molar-refractivity contribution in [3.8, 4) is 0 Å². The number of carbonyl (C=O) groups excluding carboxylic acids is 1. The minimum Gasteiger partial charge on any atom is -0.444 e. The van der Waals surface area contributed by atoms with E-state index in [0.29, 0.717) is 6.42 Å². The Labute approximate surface area is 139 Å². The van der Waals surface area contributed by atoms with Crippen LogP contribution >= 0.6 is 11.3 Å². The number of amides is 1. The van der Waals surface area contributed by atoms with Crippen LogP contribution in [-0.2, 0) is 4.74 Å². The second kappa shape index (κ2) is 7.25. The molecule has 1 aromatic carbocycles. The maximum absolute atomic E-state index is 12.0. The Hall–Kier alpha value is -1.70. The van der Waals surface area contributed by atoms with E-state index in [2.05, 4.69) is 10.3 Å². The Balaban J connectivity index is 2.17. The molecule has 0 aliphatic carbocycles. The number of nitrogens with one attached hydrogen (secondary N) is 1. The van der Waals surface area contributed by atoms with Crippen molar-refractivity contribution in [2.24, 2.45) is 0 Å². The van der Waals surface area contributed by atoms with Gasteiger partial charge >= 0.3 is 6.09 Å². The van der Waals surface area contributed by atoms with Crippen molar-refractivity contribution in [3.63, 3.8) is 0 Å². The summed E-state index contributed by atoms with van der Waals surface area (Å²) in [5.41, 5.74) is 0.256. The lowest BCUT2D eigenvalue weighted by Crippen LogP contribution is -2.35. The molecule has 0 fully saturated rings. The van der Waals surface area contributed by atoms with Crippen molar-refractivity contribution >= 4 is 27.6 Å². The molecule has 126 valence electrons. The molecule has 1 amide bonds. The molecule has 2 aromatic rings. The van der Waals surface area contributed by atoms with Gasteiger partial charge in [-0.1, -0.05) is 12.1 Å². The molecule has 0 spiro atoms. The first-order chi connectivity index (χ1) is 10.7. The Morgan fingerprint density at radius 3 is 2.61 bits per heavy atom. The molecule has 0 bridgehead atoms. The minimum atomic E-state index is -1.42. The highest BCUT2D eigenvalue weighted by molar-refractivity contribution is 7.18. The lowest BCUT2D eigenvalue weighted by Gasteiger charge is -2.23. The molecule has 2 rings (SSSR count). The van der Waals surface area contributed by atoms with Gasteiger partial charge < -0.3 is 20.3 Å². The molecule has 0 saturated heterocycles. The summed E-state index contributed by atoms with van der Waals surface area (Å²) in [7, 11) is 0. The average Bonchev–Trinajstić information content (AvgIpc) is 2.84. The molecule has 23 heavy (non-hydrogen) atoms. The van der Waals surface area contributed by atoms with Gasteiger partial charge in [-0.15, -0.1) is 11.3 Å². The van der Waals surface area contributed by atoms with Crippen molar-refractivity contribution in [1.82, 2.24) is 10.3 Å². The summed E-state index contributed by atoms with van der Waals surface area (Å²) in [6.07, 6.45) is -1.48. The predicted octanol–water partition coefficient (Wildman–Crippen LogP) is 2.95. The van der Waals surface area contributed by atoms with E-state index >= 15 is 0 Å². The number of thiazole rings is 1. The molecular weight excluding hydrogens is 316 g/mol. The van der Waals surface area contributed by atoms with Crippen LogP contribution in [0.2, 0.25) is 0 Å². The van der Waals surface area contributed by atoms with E-state index < -0.39 is 24.0 Å². The number of fused-ring (bicyclic) bond motifs is 1. The maximum Gasteiger partial charge on any atom is 0.408 e. The number of rotatable bonds is 5. The maximum atomic E-state index is 12.0. The number of aliphatic hydroxyl groups excluding tert-OH is 1. The van der Waals surface area contributed by atoms with Crippen LogP contribution in [-0.4, -0.2) is 33.2 Å². The van der Waals surface area contributed by atoms with Gasteiger partial charge in [0.25, 0.3) is 0 Å². The highest BCUT2D eigenvalue weighted by Crippen LogP contribution is 2.29. The molecule has 1 aromatic heterocycles. The topological polar surface area (TPSA) is 91.7 Å². The van der Waals surface area contributed by atoms with Crippen molar-refractivity contribution in [3.05, 3.63) is 29.3 Å². The molecule has 1 unspecified atom stereocenters. The summed E-state index contributed by atoms with van der Waals surface area (Å²) in [6.45, 7) is 5.37. The van der Waals surface area contributed by atoms with Gasteiger partial charge in [0.2, 0.25) is 0 Å². The molecule has 6 nitrogen and oxygen atoms in total. The molecule has 0 saturated carbocycles. The predicted molar refractivity (Wildman–Crippen MR) is 89.2 cm³/mol. The summed E-state index contributed by atoms with van der Waals surface area (Å²) in [6, 6.07) is 7.27. The highest BCUT2D eigenvalue weighted by atomic mass is 32.1. The normalized spacial score (nSPS) is 13.3. The smallest absolute Gasteiger partial charge is 0.408 e. The van der Waals surface area contributed by atoms with Crippen molar-refractivity contribution in [2.45, 2.75) is 51.5 Å². The van der Waals surface area contributed by atoms with Crippen LogP contribution in [0.4, 0.5) is 4.79 Å². The Kier molecular flexibility index (Phi) is 5.56. The van der Waals surface area contributed by atoms with Crippen LogP contribution in [0.1, 0.15) is 44.7 Å². The summed E-state index contributed by atoms with van der Waals surface area (Å²) >= 11 is 1.47. The number of nitrogens with zero attached hydrogens (tertiary/aromatic N) is 1. The first-order valence-corrected chi connectivity index (χ1v) is 8.27. The summed E-state index contributed by atoms with van der Waals surface area (Å²) < 4.78 is 6.29. The SMILES string of the molecule is CC(C)(C)OC(=O)NC(CCC(O)O)c1nc2ccccc2s1. The number of hydrogen-bond acceptors (Lipinski definition) is 6. The standard InChI is InChI=1S/C16H22N2O4S/c1-16(2,3)22-15(21)18-11(8-9-13(19)20)14-17-10-6-4-5-7-12(10)23-14/h4-7,11,13,19-20H,8-9H2,1-3H3,(H,18,21). The van der Waals surface area contributed by atoms with Gasteiger partial charge in [-0.2, -0.15) is 0 Å². The number of benzene rings is 1. The molecule has 1 atom stereocenters. The van der Waals surface area contributed by atoms with Gasteiger partial charge in [0, 0.05) is 6.42 Å². The zero-order valence-electron chi connectivity index (χ0n) is 13.4. The molecule has 0 aliphatic rings. The van der Waals surface area contributed by atoms with Crippen LogP contribution in [0.3, 0.4) is 0 Å². The Morgan fingerprint density at radius 1 is 1.30 bits per heavy atom. The van der Waals surface area contributed by atoms with Crippen LogP contribution in [0.25, 0.3) is 10.2 Å². The van der Waals surface area contributed by atoms with Crippen molar-refractivity contribution in [2.75, 3.05) is 0 Å². The number of hydrogen-bond donors (Lipinski definition) is 3. The lowest BCUT2D eigenvalue weighted by atomic mass is 10.1. The lowest BCUT2D eigenvalue weighted by molar-refractivity contribution is -0.0481. The van der Waals surface area contributed by atoms with Crippen molar-refractivity contribution < 1.29 is 19.7 Å². The van der Waals surface area contributed by atoms with Gasteiger partial charge in [0.15, 0.2) is 6.29 Å². The second-order valence-corrected chi connectivity index (χ2v) is 7.34. The monoisotopic (exact) mass is 338 g/mol. The number of carbonyl (C=O) groups is 1. The second-order valence-electron chi connectivity index (χ2n) is 6.28. The molecule has 1 heterocycles. The minimum absolute atomic E-state index is 0.135. The van der Waals surface area contributed by atoms with Crippen LogP contribution in [0.5, 0.6) is 0 Å². The Morgan fingerprint density at radius 2 is 2.00 bits per heavy atom. The van der Waals surface area contributed by atoms with Gasteiger partial charge in [-0.3, -0.25) is 0 Å². The summed E-state index contributed by atoms with van der Waals surface area (Å²) in [5.74, 6) is 0. The van der Waals surface area contributed by atoms with Crippen LogP contribution in [0, 0.1) is 0 Å². The molecule has 3 N–H and O–H groups in total. The number of alkyl carbamates (subject to hydrolysis) is 1. The summed E-state index contributed by atoms with van der Waals surface area (Å²) in [5, 5.41) is 21.7. The van der Waals surface area contributed by atoms with Crippen LogP contribution in [0.15, 0.2) is 24.3 Å². The number of aliphatic hydroxyl groups is 2. The third kappa shape index (κ3) is 5.46. The third-order valence-corrected chi connectivity index (χ3v) is 4.16. The van der Waals surface area contributed by atoms with Crippen LogP contribution < -0.4 is 5.32 Å². The van der Waals surface area contributed by atoms with E-state index in [1.165, 1.54) is 11.3 Å². The van der Waals surface area contributed by atoms with E-state index in [4.69, 9.17) is 14.9 Å². The quantitative estimate of drug-likeness (QED) is 0.729. The van der Waals surface area contributed by atoms with E-state index in [0.717, 1.165) is 15.2 Å². The van der Waals surface area contributed by atoms with Gasteiger partial charge in [0.05, 0.1) is 16.3 Å². The zero-order valence-corrected chi connectivity index (χ0v) is 14.3. The number of para-hydroxylation sites is 1. The first kappa shape index (κ1) is 17.7. The summed E-state index contributed by atoms with van der Waals surface area (Å²) in [4.78, 5) is 16.5. The van der Waals surface area contributed by atoms with E-state index in [1.54, 1.807) is 20.8 Å². The number of aromatic nitrogens is 1. The highest BCUT2D eigenvalue weighted by Gasteiger charge is 2.23.